The first-order valence-corrected chi connectivity index (χ1v) is 10.1. The van der Waals surface area contributed by atoms with Crippen LogP contribution in [0.25, 0.3) is 0 Å². The van der Waals surface area contributed by atoms with E-state index in [1.165, 1.54) is 36.4 Å². The summed E-state index contributed by atoms with van der Waals surface area (Å²) in [4.78, 5) is 27.5. The monoisotopic (exact) mass is 447 g/mol. The predicted octanol–water partition coefficient (Wildman–Crippen LogP) is 5.98. The Bertz CT molecular complexity index is 1140. The Morgan fingerprint density at radius 2 is 1.76 bits per heavy atom. The highest BCUT2D eigenvalue weighted by atomic mass is 35.5. The number of hydrogen-bond acceptors (Lipinski definition) is 4. The molecule has 1 atom stereocenters. The zero-order valence-corrected chi connectivity index (χ0v) is 16.9. The van der Waals surface area contributed by atoms with Crippen molar-refractivity contribution in [1.82, 2.24) is 0 Å². The van der Waals surface area contributed by atoms with E-state index < -0.39 is 29.3 Å². The number of aliphatic hydroxyl groups is 1. The number of rotatable bonds is 4. The third kappa shape index (κ3) is 3.44. The van der Waals surface area contributed by atoms with Gasteiger partial charge in [-0.05, 0) is 35.7 Å². The van der Waals surface area contributed by atoms with E-state index in [-0.39, 0.29) is 26.9 Å². The lowest BCUT2D eigenvalue weighted by atomic mass is 9.94. The van der Waals surface area contributed by atoms with E-state index in [4.69, 9.17) is 23.2 Å². The summed E-state index contributed by atoms with van der Waals surface area (Å²) in [6.45, 7) is 0. The predicted molar refractivity (Wildman–Crippen MR) is 111 cm³/mol. The first-order valence-electron chi connectivity index (χ1n) is 8.44. The Labute approximate surface area is 179 Å². The molecule has 1 amide bonds. The number of thiophene rings is 1. The van der Waals surface area contributed by atoms with Crippen molar-refractivity contribution in [3.8, 4) is 0 Å². The molecule has 8 heteroatoms. The molecule has 1 unspecified atom stereocenters. The van der Waals surface area contributed by atoms with Crippen molar-refractivity contribution in [3.63, 3.8) is 0 Å². The highest BCUT2D eigenvalue weighted by Gasteiger charge is 2.45. The van der Waals surface area contributed by atoms with Gasteiger partial charge in [-0.25, -0.2) is 4.39 Å². The molecular formula is C21H12Cl2FNO3S. The maximum atomic E-state index is 14.7. The summed E-state index contributed by atoms with van der Waals surface area (Å²) in [7, 11) is 0. The Balaban J connectivity index is 1.94. The van der Waals surface area contributed by atoms with Crippen molar-refractivity contribution in [1.29, 1.82) is 0 Å². The molecule has 1 aliphatic rings. The van der Waals surface area contributed by atoms with Crippen LogP contribution in [0.5, 0.6) is 0 Å². The second-order valence-corrected chi connectivity index (χ2v) is 8.12. The Kier molecular flexibility index (Phi) is 5.17. The molecule has 1 N–H and O–H groups in total. The van der Waals surface area contributed by atoms with E-state index in [1.54, 1.807) is 23.6 Å². The quantitative estimate of drug-likeness (QED) is 0.500. The van der Waals surface area contributed by atoms with Crippen molar-refractivity contribution in [2.45, 2.75) is 6.04 Å². The first kappa shape index (κ1) is 19.6. The molecular weight excluding hydrogens is 436 g/mol. The van der Waals surface area contributed by atoms with Gasteiger partial charge in [0, 0.05) is 21.3 Å². The van der Waals surface area contributed by atoms with Crippen molar-refractivity contribution >= 4 is 51.9 Å². The highest BCUT2D eigenvalue weighted by Crippen LogP contribution is 2.44. The smallest absolute Gasteiger partial charge is 0.294 e. The fraction of sp³-hybridized carbons (Fsp3) is 0.0476. The van der Waals surface area contributed by atoms with Gasteiger partial charge in [0.05, 0.1) is 16.5 Å². The molecule has 0 aliphatic carbocycles. The van der Waals surface area contributed by atoms with Crippen LogP contribution in [-0.4, -0.2) is 16.8 Å². The third-order valence-electron chi connectivity index (χ3n) is 4.52. The zero-order chi connectivity index (χ0) is 20.7. The lowest BCUT2D eigenvalue weighted by Gasteiger charge is -2.27. The molecule has 0 bridgehead atoms. The second kappa shape index (κ2) is 7.63. The molecule has 1 aliphatic heterocycles. The van der Waals surface area contributed by atoms with Crippen LogP contribution in [0.2, 0.25) is 10.0 Å². The van der Waals surface area contributed by atoms with Gasteiger partial charge in [0.2, 0.25) is 5.78 Å². The van der Waals surface area contributed by atoms with E-state index in [2.05, 4.69) is 0 Å². The van der Waals surface area contributed by atoms with Gasteiger partial charge in [0.1, 0.15) is 5.82 Å². The number of ketones is 1. The standard InChI is InChI=1S/C21H12Cl2FNO3S/c22-11-8-12(23)10-13(9-11)25-18(14-4-1-2-5-15(14)24)17(20(27)21(25)28)19(26)16-6-3-7-29-16/h1-10,18,27H. The van der Waals surface area contributed by atoms with E-state index in [9.17, 15) is 19.1 Å². The fourth-order valence-corrected chi connectivity index (χ4v) is 4.51. The average Bonchev–Trinajstić information content (AvgIpc) is 3.29. The number of amides is 1. The number of halogens is 3. The van der Waals surface area contributed by atoms with Crippen LogP contribution in [0.1, 0.15) is 21.3 Å². The van der Waals surface area contributed by atoms with E-state index >= 15 is 0 Å². The molecule has 0 fully saturated rings. The van der Waals surface area contributed by atoms with Gasteiger partial charge < -0.3 is 5.11 Å². The number of aliphatic hydroxyl groups excluding tert-OH is 1. The van der Waals surface area contributed by atoms with Crippen LogP contribution >= 0.6 is 34.5 Å². The van der Waals surface area contributed by atoms with Crippen molar-refractivity contribution in [2.24, 2.45) is 0 Å². The Morgan fingerprint density at radius 1 is 1.07 bits per heavy atom. The van der Waals surface area contributed by atoms with Crippen molar-refractivity contribution < 1.29 is 19.1 Å². The van der Waals surface area contributed by atoms with Gasteiger partial charge in [-0.15, -0.1) is 11.3 Å². The summed E-state index contributed by atoms with van der Waals surface area (Å²) < 4.78 is 14.7. The van der Waals surface area contributed by atoms with Gasteiger partial charge in [0.25, 0.3) is 5.91 Å². The molecule has 146 valence electrons. The summed E-state index contributed by atoms with van der Waals surface area (Å²) in [5.41, 5.74) is 0.112. The minimum atomic E-state index is -1.17. The van der Waals surface area contributed by atoms with Crippen LogP contribution in [0.3, 0.4) is 0 Å². The summed E-state index contributed by atoms with van der Waals surface area (Å²) in [6, 6.07) is 12.3. The Hall–Kier alpha value is -2.67. The van der Waals surface area contributed by atoms with Crippen LogP contribution in [0.4, 0.5) is 10.1 Å². The fourth-order valence-electron chi connectivity index (χ4n) is 3.31. The minimum Gasteiger partial charge on any atom is -0.503 e. The molecule has 2 heterocycles. The van der Waals surface area contributed by atoms with Crippen LogP contribution in [-0.2, 0) is 4.79 Å². The first-order chi connectivity index (χ1) is 13.9. The van der Waals surface area contributed by atoms with Crippen LogP contribution < -0.4 is 4.90 Å². The number of benzene rings is 2. The molecule has 3 aromatic rings. The molecule has 1 aromatic heterocycles. The zero-order valence-electron chi connectivity index (χ0n) is 14.6. The summed E-state index contributed by atoms with van der Waals surface area (Å²) in [5, 5.41) is 12.8. The Morgan fingerprint density at radius 3 is 2.38 bits per heavy atom. The number of nitrogens with zero attached hydrogens (tertiary/aromatic N) is 1. The molecule has 0 radical (unpaired) electrons. The van der Waals surface area contributed by atoms with Gasteiger partial charge in [-0.3, -0.25) is 14.5 Å². The average molecular weight is 448 g/mol. The van der Waals surface area contributed by atoms with E-state index in [0.717, 1.165) is 16.2 Å². The van der Waals surface area contributed by atoms with E-state index in [1.807, 2.05) is 0 Å². The molecule has 0 saturated heterocycles. The maximum absolute atomic E-state index is 14.7. The van der Waals surface area contributed by atoms with Gasteiger partial charge in [0.15, 0.2) is 5.76 Å². The molecule has 2 aromatic carbocycles. The topological polar surface area (TPSA) is 57.6 Å². The van der Waals surface area contributed by atoms with Crippen LogP contribution in [0, 0.1) is 5.82 Å². The molecule has 0 spiro atoms. The van der Waals surface area contributed by atoms with Crippen molar-refractivity contribution in [2.75, 3.05) is 4.90 Å². The van der Waals surface area contributed by atoms with Gasteiger partial charge in [-0.1, -0.05) is 47.5 Å². The lowest BCUT2D eigenvalue weighted by molar-refractivity contribution is -0.117. The van der Waals surface area contributed by atoms with Gasteiger partial charge in [-0.2, -0.15) is 0 Å². The largest absolute Gasteiger partial charge is 0.503 e. The van der Waals surface area contributed by atoms with Crippen LogP contribution in [0.15, 0.2) is 71.3 Å². The molecule has 4 rings (SSSR count). The minimum absolute atomic E-state index is 0.0703. The number of hydrogen-bond donors (Lipinski definition) is 1. The van der Waals surface area contributed by atoms with Gasteiger partial charge >= 0.3 is 0 Å². The summed E-state index contributed by atoms with van der Waals surface area (Å²) in [5.74, 6) is -2.73. The molecule has 0 saturated carbocycles. The normalized spacial score (nSPS) is 16.6. The number of Topliss-reactive ketones (excluding diaryl/α,β-unsaturated/α-hetero) is 1. The second-order valence-electron chi connectivity index (χ2n) is 6.30. The molecule has 29 heavy (non-hydrogen) atoms. The number of carbonyl (C=O) groups is 2. The highest BCUT2D eigenvalue weighted by molar-refractivity contribution is 7.12. The molecule has 4 nitrogen and oxygen atoms in total. The summed E-state index contributed by atoms with van der Waals surface area (Å²) in [6.07, 6.45) is 0. The maximum Gasteiger partial charge on any atom is 0.294 e. The van der Waals surface area contributed by atoms with E-state index in [0.29, 0.717) is 4.88 Å². The number of carbonyl (C=O) groups excluding carboxylic acids is 2. The number of anilines is 1. The SMILES string of the molecule is O=C(C1=C(O)C(=O)N(c2cc(Cl)cc(Cl)c2)C1c1ccccc1F)c1cccs1. The lowest BCUT2D eigenvalue weighted by Crippen LogP contribution is -2.31. The third-order valence-corrected chi connectivity index (χ3v) is 5.83. The summed E-state index contributed by atoms with van der Waals surface area (Å²) >= 11 is 13.3. The van der Waals surface area contributed by atoms with Crippen molar-refractivity contribution in [3.05, 3.63) is 97.6 Å².